The zero-order valence-corrected chi connectivity index (χ0v) is 13.0. The molecule has 0 unspecified atom stereocenters. The van der Waals surface area contributed by atoms with Gasteiger partial charge in [-0.1, -0.05) is 12.1 Å². The highest BCUT2D eigenvalue weighted by molar-refractivity contribution is 5.79. The molecule has 0 bridgehead atoms. The van der Waals surface area contributed by atoms with Gasteiger partial charge in [-0.3, -0.25) is 0 Å². The Kier molecular flexibility index (Phi) is 4.05. The standard InChI is InChI=1S/C17H18N6/c1-11-6-7-13(9-12(11)2)22-16-15(18)17(21-10-20-16)23-14-5-3-4-8-19-14/h3-10H,18H2,1-2H3,(H2,19,20,21,22,23). The van der Waals surface area contributed by atoms with Crippen LogP contribution < -0.4 is 16.4 Å². The summed E-state index contributed by atoms with van der Waals surface area (Å²) < 4.78 is 0. The molecule has 0 aliphatic heterocycles. The molecule has 4 N–H and O–H groups in total. The normalized spacial score (nSPS) is 10.3. The van der Waals surface area contributed by atoms with Gasteiger partial charge in [-0.15, -0.1) is 0 Å². The van der Waals surface area contributed by atoms with Crippen molar-refractivity contribution in [2.45, 2.75) is 13.8 Å². The SMILES string of the molecule is Cc1ccc(Nc2ncnc(Nc3ccccn3)c2N)cc1C. The van der Waals surface area contributed by atoms with Crippen molar-refractivity contribution < 1.29 is 0 Å². The van der Waals surface area contributed by atoms with Crippen molar-refractivity contribution in [2.24, 2.45) is 0 Å². The number of nitrogens with one attached hydrogen (secondary N) is 2. The molecule has 0 saturated carbocycles. The van der Waals surface area contributed by atoms with E-state index in [1.807, 2.05) is 24.3 Å². The number of hydrogen-bond acceptors (Lipinski definition) is 6. The first-order valence-electron chi connectivity index (χ1n) is 7.26. The van der Waals surface area contributed by atoms with Gasteiger partial charge in [0, 0.05) is 11.9 Å². The summed E-state index contributed by atoms with van der Waals surface area (Å²) in [5.41, 5.74) is 9.99. The molecule has 6 heteroatoms. The van der Waals surface area contributed by atoms with Crippen molar-refractivity contribution in [1.82, 2.24) is 15.0 Å². The molecule has 0 aliphatic carbocycles. The first-order valence-corrected chi connectivity index (χ1v) is 7.26. The molecule has 23 heavy (non-hydrogen) atoms. The van der Waals surface area contributed by atoms with Crippen LogP contribution in [0.3, 0.4) is 0 Å². The molecule has 0 aliphatic rings. The number of anilines is 5. The number of nitrogens with two attached hydrogens (primary N) is 1. The summed E-state index contributed by atoms with van der Waals surface area (Å²) >= 11 is 0. The summed E-state index contributed by atoms with van der Waals surface area (Å²) in [6.07, 6.45) is 3.17. The fourth-order valence-corrected chi connectivity index (χ4v) is 2.11. The maximum Gasteiger partial charge on any atom is 0.160 e. The maximum atomic E-state index is 6.17. The van der Waals surface area contributed by atoms with Crippen LogP contribution in [0.4, 0.5) is 28.8 Å². The van der Waals surface area contributed by atoms with Crippen molar-refractivity contribution in [2.75, 3.05) is 16.4 Å². The van der Waals surface area contributed by atoms with Crippen LogP contribution in [0.2, 0.25) is 0 Å². The number of nitrogen functional groups attached to an aromatic ring is 1. The quantitative estimate of drug-likeness (QED) is 0.683. The Morgan fingerprint density at radius 2 is 1.65 bits per heavy atom. The van der Waals surface area contributed by atoms with Crippen molar-refractivity contribution >= 4 is 28.8 Å². The van der Waals surface area contributed by atoms with Crippen LogP contribution in [-0.4, -0.2) is 15.0 Å². The molecule has 0 radical (unpaired) electrons. The van der Waals surface area contributed by atoms with Crippen molar-refractivity contribution in [3.05, 3.63) is 60.0 Å². The van der Waals surface area contributed by atoms with Crippen LogP contribution in [0.25, 0.3) is 0 Å². The molecule has 0 spiro atoms. The zero-order valence-electron chi connectivity index (χ0n) is 13.0. The third kappa shape index (κ3) is 3.37. The third-order valence-electron chi connectivity index (χ3n) is 3.56. The predicted molar refractivity (Wildman–Crippen MR) is 93.2 cm³/mol. The highest BCUT2D eigenvalue weighted by Crippen LogP contribution is 2.28. The second-order valence-electron chi connectivity index (χ2n) is 5.25. The van der Waals surface area contributed by atoms with E-state index < -0.39 is 0 Å². The molecule has 1 aromatic carbocycles. The summed E-state index contributed by atoms with van der Waals surface area (Å²) in [5, 5.41) is 6.32. The van der Waals surface area contributed by atoms with E-state index in [0.717, 1.165) is 5.69 Å². The molecule has 0 fully saturated rings. The molecule has 116 valence electrons. The van der Waals surface area contributed by atoms with Gasteiger partial charge in [0.15, 0.2) is 11.6 Å². The van der Waals surface area contributed by atoms with E-state index >= 15 is 0 Å². The monoisotopic (exact) mass is 306 g/mol. The van der Waals surface area contributed by atoms with Gasteiger partial charge in [-0.2, -0.15) is 0 Å². The molecule has 3 rings (SSSR count). The Bertz CT molecular complexity index is 817. The highest BCUT2D eigenvalue weighted by Gasteiger charge is 2.09. The van der Waals surface area contributed by atoms with Gasteiger partial charge in [-0.05, 0) is 49.2 Å². The minimum atomic E-state index is 0.441. The Morgan fingerprint density at radius 3 is 2.35 bits per heavy atom. The first-order chi connectivity index (χ1) is 11.1. The Labute approximate surface area is 134 Å². The van der Waals surface area contributed by atoms with Gasteiger partial charge in [0.05, 0.1) is 0 Å². The predicted octanol–water partition coefficient (Wildman–Crippen LogP) is 3.56. The largest absolute Gasteiger partial charge is 0.393 e. The minimum Gasteiger partial charge on any atom is -0.393 e. The second-order valence-corrected chi connectivity index (χ2v) is 5.25. The van der Waals surface area contributed by atoms with Gasteiger partial charge in [0.25, 0.3) is 0 Å². The van der Waals surface area contributed by atoms with E-state index in [0.29, 0.717) is 23.1 Å². The summed E-state index contributed by atoms with van der Waals surface area (Å²) in [5.74, 6) is 1.75. The number of aromatic nitrogens is 3. The van der Waals surface area contributed by atoms with E-state index in [-0.39, 0.29) is 0 Å². The van der Waals surface area contributed by atoms with Crippen molar-refractivity contribution in [3.63, 3.8) is 0 Å². The van der Waals surface area contributed by atoms with Gasteiger partial charge in [0.2, 0.25) is 0 Å². The molecule has 0 amide bonds. The van der Waals surface area contributed by atoms with Crippen LogP contribution in [0.15, 0.2) is 48.9 Å². The third-order valence-corrected chi connectivity index (χ3v) is 3.56. The molecular formula is C17H18N6. The van der Waals surface area contributed by atoms with E-state index in [1.165, 1.54) is 17.5 Å². The average molecular weight is 306 g/mol. The smallest absolute Gasteiger partial charge is 0.160 e. The van der Waals surface area contributed by atoms with Gasteiger partial charge in [-0.25, -0.2) is 15.0 Å². The van der Waals surface area contributed by atoms with Crippen LogP contribution in [0, 0.1) is 13.8 Å². The number of pyridine rings is 1. The maximum absolute atomic E-state index is 6.17. The molecule has 2 heterocycles. The zero-order chi connectivity index (χ0) is 16.2. The topological polar surface area (TPSA) is 88.8 Å². The molecular weight excluding hydrogens is 288 g/mol. The van der Waals surface area contributed by atoms with Crippen LogP contribution in [-0.2, 0) is 0 Å². The average Bonchev–Trinajstić information content (AvgIpc) is 2.56. The number of aryl methyl sites for hydroxylation is 2. The molecule has 0 atom stereocenters. The van der Waals surface area contributed by atoms with E-state index in [9.17, 15) is 0 Å². The number of hydrogen-bond donors (Lipinski definition) is 3. The van der Waals surface area contributed by atoms with Gasteiger partial charge < -0.3 is 16.4 Å². The van der Waals surface area contributed by atoms with Gasteiger partial charge >= 0.3 is 0 Å². The summed E-state index contributed by atoms with van der Waals surface area (Å²) in [6, 6.07) is 11.7. The lowest BCUT2D eigenvalue weighted by Gasteiger charge is -2.13. The summed E-state index contributed by atoms with van der Waals surface area (Å²) in [6.45, 7) is 4.14. The number of rotatable bonds is 4. The minimum absolute atomic E-state index is 0.441. The lowest BCUT2D eigenvalue weighted by Crippen LogP contribution is -2.05. The van der Waals surface area contributed by atoms with E-state index in [4.69, 9.17) is 5.73 Å². The lowest BCUT2D eigenvalue weighted by molar-refractivity contribution is 1.16. The summed E-state index contributed by atoms with van der Waals surface area (Å²) in [4.78, 5) is 12.6. The van der Waals surface area contributed by atoms with Crippen LogP contribution in [0.5, 0.6) is 0 Å². The molecule has 0 saturated heterocycles. The Hall–Kier alpha value is -3.15. The lowest BCUT2D eigenvalue weighted by atomic mass is 10.1. The molecule has 6 nitrogen and oxygen atoms in total. The highest BCUT2D eigenvalue weighted by atomic mass is 15.1. The Balaban J connectivity index is 1.86. The van der Waals surface area contributed by atoms with E-state index in [2.05, 4.69) is 51.6 Å². The van der Waals surface area contributed by atoms with Crippen molar-refractivity contribution in [1.29, 1.82) is 0 Å². The van der Waals surface area contributed by atoms with Crippen LogP contribution >= 0.6 is 0 Å². The number of nitrogens with zero attached hydrogens (tertiary/aromatic N) is 3. The summed E-state index contributed by atoms with van der Waals surface area (Å²) in [7, 11) is 0. The van der Waals surface area contributed by atoms with Crippen LogP contribution in [0.1, 0.15) is 11.1 Å². The second kappa shape index (κ2) is 6.31. The fraction of sp³-hybridized carbons (Fsp3) is 0.118. The Morgan fingerprint density at radius 1 is 0.870 bits per heavy atom. The molecule has 3 aromatic rings. The molecule has 2 aromatic heterocycles. The first kappa shape index (κ1) is 14.8. The number of benzene rings is 1. The van der Waals surface area contributed by atoms with E-state index in [1.54, 1.807) is 6.20 Å². The fourth-order valence-electron chi connectivity index (χ4n) is 2.11. The van der Waals surface area contributed by atoms with Crippen molar-refractivity contribution in [3.8, 4) is 0 Å². The van der Waals surface area contributed by atoms with Gasteiger partial charge in [0.1, 0.15) is 17.8 Å².